The standard InChI is InChI=1S/C13H20ClNO/c1-10(7-8-16-2)13(15)9-11-3-5-12(14)6-4-11/h3-6,10,13H,7-9,15H2,1-2H3. The molecule has 0 saturated carbocycles. The smallest absolute Gasteiger partial charge is 0.0465 e. The van der Waals surface area contributed by atoms with Gasteiger partial charge in [-0.15, -0.1) is 0 Å². The van der Waals surface area contributed by atoms with Crippen molar-refractivity contribution in [3.05, 3.63) is 34.9 Å². The summed E-state index contributed by atoms with van der Waals surface area (Å²) in [5.41, 5.74) is 7.38. The number of methoxy groups -OCH3 is 1. The van der Waals surface area contributed by atoms with Gasteiger partial charge < -0.3 is 10.5 Å². The zero-order valence-electron chi connectivity index (χ0n) is 9.95. The Morgan fingerprint density at radius 2 is 1.94 bits per heavy atom. The highest BCUT2D eigenvalue weighted by molar-refractivity contribution is 6.30. The Hall–Kier alpha value is -0.570. The van der Waals surface area contributed by atoms with Crippen molar-refractivity contribution in [2.45, 2.75) is 25.8 Å². The minimum atomic E-state index is 0.177. The van der Waals surface area contributed by atoms with Gasteiger partial charge in [0.2, 0.25) is 0 Å². The van der Waals surface area contributed by atoms with Crippen LogP contribution in [-0.4, -0.2) is 19.8 Å². The van der Waals surface area contributed by atoms with Gasteiger partial charge in [-0.3, -0.25) is 0 Å². The zero-order valence-corrected chi connectivity index (χ0v) is 10.7. The van der Waals surface area contributed by atoms with Crippen LogP contribution in [0.25, 0.3) is 0 Å². The van der Waals surface area contributed by atoms with Crippen LogP contribution in [0.15, 0.2) is 24.3 Å². The molecule has 2 atom stereocenters. The summed E-state index contributed by atoms with van der Waals surface area (Å²) in [5.74, 6) is 0.468. The van der Waals surface area contributed by atoms with Gasteiger partial charge in [-0.05, 0) is 36.5 Å². The Bertz CT molecular complexity index is 299. The van der Waals surface area contributed by atoms with Gasteiger partial charge in [-0.25, -0.2) is 0 Å². The molecule has 0 spiro atoms. The molecule has 90 valence electrons. The van der Waals surface area contributed by atoms with E-state index in [9.17, 15) is 0 Å². The van der Waals surface area contributed by atoms with Crippen molar-refractivity contribution < 1.29 is 4.74 Å². The summed E-state index contributed by atoms with van der Waals surface area (Å²) in [6, 6.07) is 8.06. The molecule has 0 aliphatic heterocycles. The van der Waals surface area contributed by atoms with Crippen molar-refractivity contribution in [1.29, 1.82) is 0 Å². The maximum atomic E-state index is 6.14. The summed E-state index contributed by atoms with van der Waals surface area (Å²) in [5, 5.41) is 0.768. The lowest BCUT2D eigenvalue weighted by molar-refractivity contribution is 0.174. The molecule has 2 N–H and O–H groups in total. The molecule has 0 aliphatic rings. The van der Waals surface area contributed by atoms with E-state index in [4.69, 9.17) is 22.1 Å². The lowest BCUT2D eigenvalue weighted by Crippen LogP contribution is -2.31. The van der Waals surface area contributed by atoms with Crippen LogP contribution in [0.4, 0.5) is 0 Å². The number of hydrogen-bond acceptors (Lipinski definition) is 2. The van der Waals surface area contributed by atoms with E-state index >= 15 is 0 Å². The molecule has 0 aromatic heterocycles. The molecule has 0 amide bonds. The molecule has 1 rings (SSSR count). The molecule has 0 heterocycles. The predicted octanol–water partition coefficient (Wildman–Crippen LogP) is 2.88. The maximum Gasteiger partial charge on any atom is 0.0465 e. The molecule has 0 radical (unpaired) electrons. The second-order valence-electron chi connectivity index (χ2n) is 4.25. The van der Waals surface area contributed by atoms with Gasteiger partial charge in [0.05, 0.1) is 0 Å². The van der Waals surface area contributed by atoms with Gasteiger partial charge in [-0.2, -0.15) is 0 Å². The fourth-order valence-corrected chi connectivity index (χ4v) is 1.74. The Labute approximate surface area is 103 Å². The highest BCUT2D eigenvalue weighted by atomic mass is 35.5. The molecular formula is C13H20ClNO. The van der Waals surface area contributed by atoms with Crippen LogP contribution in [-0.2, 0) is 11.2 Å². The van der Waals surface area contributed by atoms with E-state index in [0.717, 1.165) is 24.5 Å². The third kappa shape index (κ3) is 4.52. The molecule has 3 heteroatoms. The number of nitrogens with two attached hydrogens (primary N) is 1. The average Bonchev–Trinajstić information content (AvgIpc) is 2.29. The number of hydrogen-bond donors (Lipinski definition) is 1. The van der Waals surface area contributed by atoms with Gasteiger partial charge in [0.15, 0.2) is 0 Å². The topological polar surface area (TPSA) is 35.2 Å². The second kappa shape index (κ2) is 6.89. The molecule has 0 saturated heterocycles. The van der Waals surface area contributed by atoms with Gasteiger partial charge in [0.1, 0.15) is 0 Å². The van der Waals surface area contributed by atoms with Crippen LogP contribution in [0.3, 0.4) is 0 Å². The molecule has 1 aromatic carbocycles. The van der Waals surface area contributed by atoms with E-state index < -0.39 is 0 Å². The van der Waals surface area contributed by atoms with Gasteiger partial charge in [0, 0.05) is 24.8 Å². The Morgan fingerprint density at radius 3 is 2.50 bits per heavy atom. The number of benzene rings is 1. The van der Waals surface area contributed by atoms with E-state index in [1.54, 1.807) is 7.11 Å². The molecule has 0 aliphatic carbocycles. The third-order valence-electron chi connectivity index (χ3n) is 2.89. The van der Waals surface area contributed by atoms with Crippen LogP contribution < -0.4 is 5.73 Å². The van der Waals surface area contributed by atoms with Crippen molar-refractivity contribution in [3.8, 4) is 0 Å². The predicted molar refractivity (Wildman–Crippen MR) is 68.8 cm³/mol. The Morgan fingerprint density at radius 1 is 1.31 bits per heavy atom. The van der Waals surface area contributed by atoms with E-state index in [1.807, 2.05) is 24.3 Å². The highest BCUT2D eigenvalue weighted by Crippen LogP contribution is 2.14. The summed E-state index contributed by atoms with van der Waals surface area (Å²) >= 11 is 5.83. The monoisotopic (exact) mass is 241 g/mol. The highest BCUT2D eigenvalue weighted by Gasteiger charge is 2.12. The SMILES string of the molecule is COCCC(C)C(N)Cc1ccc(Cl)cc1. The normalized spacial score (nSPS) is 14.8. The van der Waals surface area contributed by atoms with Crippen LogP contribution >= 0.6 is 11.6 Å². The van der Waals surface area contributed by atoms with Crippen LogP contribution in [0.1, 0.15) is 18.9 Å². The summed E-state index contributed by atoms with van der Waals surface area (Å²) in [4.78, 5) is 0. The first-order valence-corrected chi connectivity index (χ1v) is 6.00. The van der Waals surface area contributed by atoms with E-state index in [0.29, 0.717) is 5.92 Å². The zero-order chi connectivity index (χ0) is 12.0. The maximum absolute atomic E-state index is 6.14. The number of halogens is 1. The third-order valence-corrected chi connectivity index (χ3v) is 3.14. The summed E-state index contributed by atoms with van der Waals surface area (Å²) < 4.78 is 5.06. The van der Waals surface area contributed by atoms with Crippen molar-refractivity contribution in [3.63, 3.8) is 0 Å². The number of ether oxygens (including phenoxy) is 1. The molecule has 0 fully saturated rings. The largest absolute Gasteiger partial charge is 0.385 e. The Balaban J connectivity index is 2.43. The van der Waals surface area contributed by atoms with E-state index in [-0.39, 0.29) is 6.04 Å². The van der Waals surface area contributed by atoms with Crippen molar-refractivity contribution in [1.82, 2.24) is 0 Å². The first kappa shape index (κ1) is 13.5. The van der Waals surface area contributed by atoms with E-state index in [1.165, 1.54) is 5.56 Å². The Kier molecular flexibility index (Phi) is 5.81. The van der Waals surface area contributed by atoms with Gasteiger partial charge in [-0.1, -0.05) is 30.7 Å². The van der Waals surface area contributed by atoms with Crippen LogP contribution in [0, 0.1) is 5.92 Å². The molecule has 0 bridgehead atoms. The fourth-order valence-electron chi connectivity index (χ4n) is 1.61. The van der Waals surface area contributed by atoms with Crippen LogP contribution in [0.5, 0.6) is 0 Å². The molecule has 2 nitrogen and oxygen atoms in total. The molecular weight excluding hydrogens is 222 g/mol. The summed E-state index contributed by atoms with van der Waals surface area (Å²) in [7, 11) is 1.72. The first-order valence-electron chi connectivity index (χ1n) is 5.62. The summed E-state index contributed by atoms with van der Waals surface area (Å²) in [6.07, 6.45) is 1.90. The lowest BCUT2D eigenvalue weighted by atomic mass is 9.93. The summed E-state index contributed by atoms with van der Waals surface area (Å²) in [6.45, 7) is 2.94. The minimum absolute atomic E-state index is 0.177. The minimum Gasteiger partial charge on any atom is -0.385 e. The van der Waals surface area contributed by atoms with Gasteiger partial charge >= 0.3 is 0 Å². The molecule has 1 aromatic rings. The average molecular weight is 242 g/mol. The quantitative estimate of drug-likeness (QED) is 0.831. The van der Waals surface area contributed by atoms with Crippen LogP contribution in [0.2, 0.25) is 5.02 Å². The van der Waals surface area contributed by atoms with E-state index in [2.05, 4.69) is 6.92 Å². The fraction of sp³-hybridized carbons (Fsp3) is 0.538. The van der Waals surface area contributed by atoms with Crippen molar-refractivity contribution in [2.75, 3.05) is 13.7 Å². The van der Waals surface area contributed by atoms with Crippen molar-refractivity contribution in [2.24, 2.45) is 11.7 Å². The van der Waals surface area contributed by atoms with Crippen molar-refractivity contribution >= 4 is 11.6 Å². The lowest BCUT2D eigenvalue weighted by Gasteiger charge is -2.19. The van der Waals surface area contributed by atoms with Gasteiger partial charge in [0.25, 0.3) is 0 Å². The second-order valence-corrected chi connectivity index (χ2v) is 4.69. The molecule has 2 unspecified atom stereocenters. The first-order chi connectivity index (χ1) is 7.63. The number of rotatable bonds is 6. The molecule has 16 heavy (non-hydrogen) atoms.